The average molecular weight is 274 g/mol. The van der Waals surface area contributed by atoms with Crippen LogP contribution in [0.3, 0.4) is 0 Å². The van der Waals surface area contributed by atoms with Crippen LogP contribution in [0.5, 0.6) is 0 Å². The van der Waals surface area contributed by atoms with Gasteiger partial charge in [0.05, 0.1) is 16.6 Å². The van der Waals surface area contributed by atoms with Crippen molar-refractivity contribution < 1.29 is 10.0 Å². The van der Waals surface area contributed by atoms with Crippen LogP contribution in [-0.4, -0.2) is 11.1 Å². The number of nitrogens with zero attached hydrogens (tertiary/aromatic N) is 1. The zero-order valence-electron chi connectivity index (χ0n) is 10.3. The van der Waals surface area contributed by atoms with E-state index in [0.717, 1.165) is 16.7 Å². The number of rotatable bonds is 1. The van der Waals surface area contributed by atoms with Gasteiger partial charge in [-0.3, -0.25) is 10.0 Å². The predicted octanol–water partition coefficient (Wildman–Crippen LogP) is 3.52. The van der Waals surface area contributed by atoms with E-state index in [1.165, 1.54) is 0 Å². The van der Waals surface area contributed by atoms with Gasteiger partial charge in [0, 0.05) is 0 Å². The van der Waals surface area contributed by atoms with E-state index in [-0.39, 0.29) is 5.91 Å². The van der Waals surface area contributed by atoms with Gasteiger partial charge in [0.15, 0.2) is 0 Å². The van der Waals surface area contributed by atoms with Crippen molar-refractivity contribution in [2.24, 2.45) is 0 Å². The number of benzene rings is 2. The summed E-state index contributed by atoms with van der Waals surface area (Å²) in [5, 5.41) is 11.0. The van der Waals surface area contributed by atoms with E-state index in [9.17, 15) is 10.0 Å². The molecule has 19 heavy (non-hydrogen) atoms. The molecule has 0 aromatic heterocycles. The zero-order valence-corrected chi connectivity index (χ0v) is 11.1. The van der Waals surface area contributed by atoms with Crippen LogP contribution in [0, 0.1) is 6.92 Å². The fraction of sp³-hybridized carbons (Fsp3) is 0.133. The average Bonchev–Trinajstić information content (AvgIpc) is 2.64. The van der Waals surface area contributed by atoms with Crippen molar-refractivity contribution in [1.29, 1.82) is 0 Å². The van der Waals surface area contributed by atoms with Crippen LogP contribution in [-0.2, 0) is 4.79 Å². The van der Waals surface area contributed by atoms with E-state index in [1.807, 2.05) is 37.3 Å². The molecule has 2 aromatic carbocycles. The minimum Gasteiger partial charge on any atom is -0.281 e. The lowest BCUT2D eigenvalue weighted by atomic mass is 9.90. The maximum atomic E-state index is 12.3. The molecule has 2 aromatic rings. The molecule has 0 bridgehead atoms. The van der Waals surface area contributed by atoms with Crippen molar-refractivity contribution in [2.45, 2.75) is 12.8 Å². The number of hydrogen-bond acceptors (Lipinski definition) is 2. The van der Waals surface area contributed by atoms with E-state index in [0.29, 0.717) is 15.8 Å². The van der Waals surface area contributed by atoms with Gasteiger partial charge in [0.1, 0.15) is 0 Å². The number of halogens is 1. The largest absolute Gasteiger partial charge is 0.281 e. The second-order valence-corrected chi connectivity index (χ2v) is 5.02. The van der Waals surface area contributed by atoms with E-state index in [2.05, 4.69) is 0 Å². The number of hydroxylamine groups is 1. The fourth-order valence-electron chi connectivity index (χ4n) is 2.57. The normalized spacial score (nSPS) is 17.7. The molecular formula is C15H12ClNO2. The highest BCUT2D eigenvalue weighted by Crippen LogP contribution is 2.44. The molecule has 96 valence electrons. The van der Waals surface area contributed by atoms with Gasteiger partial charge in [-0.25, -0.2) is 0 Å². The number of carbonyl (C=O) groups excluding carboxylic acids is 1. The molecule has 1 amide bonds. The molecule has 0 saturated carbocycles. The predicted molar refractivity (Wildman–Crippen MR) is 73.7 cm³/mol. The van der Waals surface area contributed by atoms with Gasteiger partial charge < -0.3 is 0 Å². The minimum absolute atomic E-state index is 0.364. The number of anilines is 1. The summed E-state index contributed by atoms with van der Waals surface area (Å²) in [7, 11) is 0. The molecule has 1 aliphatic heterocycles. The first-order chi connectivity index (χ1) is 9.11. The zero-order chi connectivity index (χ0) is 13.6. The Kier molecular flexibility index (Phi) is 2.81. The third-order valence-electron chi connectivity index (χ3n) is 3.50. The molecule has 0 aliphatic carbocycles. The number of carbonyl (C=O) groups is 1. The number of amides is 1. The third-order valence-corrected chi connectivity index (χ3v) is 3.80. The Hall–Kier alpha value is -1.84. The van der Waals surface area contributed by atoms with Crippen LogP contribution in [0.2, 0.25) is 5.02 Å². The maximum absolute atomic E-state index is 12.3. The van der Waals surface area contributed by atoms with Gasteiger partial charge in [-0.1, -0.05) is 48.0 Å². The molecule has 1 N–H and O–H groups in total. The lowest BCUT2D eigenvalue weighted by Crippen LogP contribution is -2.25. The standard InChI is InChI=1S/C15H12ClNO2/c1-9-5-2-3-6-10(9)13-11-7-4-8-12(16)14(11)17(19)15(13)18/h2-8,13,19H,1H3. The number of fused-ring (bicyclic) bond motifs is 1. The van der Waals surface area contributed by atoms with E-state index >= 15 is 0 Å². The highest BCUT2D eigenvalue weighted by molar-refractivity contribution is 6.34. The SMILES string of the molecule is Cc1ccccc1C1C(=O)N(O)c2c(Cl)cccc21. The van der Waals surface area contributed by atoms with Crippen molar-refractivity contribution in [3.05, 3.63) is 64.2 Å². The van der Waals surface area contributed by atoms with Crippen molar-refractivity contribution >= 4 is 23.2 Å². The Bertz CT molecular complexity index is 669. The van der Waals surface area contributed by atoms with E-state index in [4.69, 9.17) is 11.6 Å². The highest BCUT2D eigenvalue weighted by Gasteiger charge is 2.39. The second kappa shape index (κ2) is 4.37. The summed E-state index contributed by atoms with van der Waals surface area (Å²) in [6, 6.07) is 12.9. The van der Waals surface area contributed by atoms with Crippen LogP contribution in [0.25, 0.3) is 0 Å². The fourth-order valence-corrected chi connectivity index (χ4v) is 2.83. The van der Waals surface area contributed by atoms with Gasteiger partial charge in [-0.2, -0.15) is 5.06 Å². The van der Waals surface area contributed by atoms with Crippen LogP contribution >= 0.6 is 11.6 Å². The molecule has 0 spiro atoms. The van der Waals surface area contributed by atoms with Gasteiger partial charge in [-0.05, 0) is 29.7 Å². The van der Waals surface area contributed by atoms with Crippen molar-refractivity contribution in [2.75, 3.05) is 5.06 Å². The summed E-state index contributed by atoms with van der Waals surface area (Å²) >= 11 is 6.07. The second-order valence-electron chi connectivity index (χ2n) is 4.62. The maximum Gasteiger partial charge on any atom is 0.262 e. The van der Waals surface area contributed by atoms with Crippen molar-refractivity contribution in [1.82, 2.24) is 0 Å². The molecule has 1 heterocycles. The molecule has 3 nitrogen and oxygen atoms in total. The van der Waals surface area contributed by atoms with E-state index < -0.39 is 5.92 Å². The lowest BCUT2D eigenvalue weighted by molar-refractivity contribution is -0.123. The van der Waals surface area contributed by atoms with Gasteiger partial charge in [0.25, 0.3) is 5.91 Å². The number of hydrogen-bond donors (Lipinski definition) is 1. The Morgan fingerprint density at radius 2 is 1.79 bits per heavy atom. The number of aryl methyl sites for hydroxylation is 1. The summed E-state index contributed by atoms with van der Waals surface area (Å²) in [6.07, 6.45) is 0. The van der Waals surface area contributed by atoms with E-state index in [1.54, 1.807) is 12.1 Å². The summed E-state index contributed by atoms with van der Waals surface area (Å²) in [4.78, 5) is 12.3. The van der Waals surface area contributed by atoms with Gasteiger partial charge in [0.2, 0.25) is 0 Å². The molecule has 4 heteroatoms. The monoisotopic (exact) mass is 273 g/mol. The van der Waals surface area contributed by atoms with Crippen LogP contribution in [0.4, 0.5) is 5.69 Å². The minimum atomic E-state index is -0.486. The lowest BCUT2D eigenvalue weighted by Gasteiger charge is -2.12. The van der Waals surface area contributed by atoms with Gasteiger partial charge >= 0.3 is 0 Å². The van der Waals surface area contributed by atoms with Gasteiger partial charge in [-0.15, -0.1) is 0 Å². The van der Waals surface area contributed by atoms with Crippen LogP contribution < -0.4 is 5.06 Å². The van der Waals surface area contributed by atoms with Crippen molar-refractivity contribution in [3.63, 3.8) is 0 Å². The Labute approximate surface area is 116 Å². The smallest absolute Gasteiger partial charge is 0.262 e. The summed E-state index contributed by atoms with van der Waals surface area (Å²) in [6.45, 7) is 1.95. The molecule has 1 atom stereocenters. The molecule has 0 saturated heterocycles. The number of para-hydroxylation sites is 1. The Morgan fingerprint density at radius 1 is 1.11 bits per heavy atom. The first-order valence-corrected chi connectivity index (χ1v) is 6.36. The highest BCUT2D eigenvalue weighted by atomic mass is 35.5. The van der Waals surface area contributed by atoms with Crippen LogP contribution in [0.1, 0.15) is 22.6 Å². The quantitative estimate of drug-likeness (QED) is 0.808. The Morgan fingerprint density at radius 3 is 2.53 bits per heavy atom. The summed E-state index contributed by atoms with van der Waals surface area (Å²) in [5.41, 5.74) is 3.05. The summed E-state index contributed by atoms with van der Waals surface area (Å²) in [5.74, 6) is -0.850. The first-order valence-electron chi connectivity index (χ1n) is 5.98. The molecule has 1 aliphatic rings. The topological polar surface area (TPSA) is 40.5 Å². The molecule has 0 radical (unpaired) electrons. The Balaban J connectivity index is 2.23. The first kappa shape index (κ1) is 12.2. The van der Waals surface area contributed by atoms with Crippen molar-refractivity contribution in [3.8, 4) is 0 Å². The molecule has 1 unspecified atom stereocenters. The van der Waals surface area contributed by atoms with Crippen LogP contribution in [0.15, 0.2) is 42.5 Å². The molecular weight excluding hydrogens is 262 g/mol. The third kappa shape index (κ3) is 1.74. The summed E-state index contributed by atoms with van der Waals surface area (Å²) < 4.78 is 0. The molecule has 0 fully saturated rings. The molecule has 3 rings (SSSR count).